The fourth-order valence-corrected chi connectivity index (χ4v) is 1.42. The molecule has 0 aliphatic carbocycles. The first kappa shape index (κ1) is 16.2. The summed E-state index contributed by atoms with van der Waals surface area (Å²) in [6.07, 6.45) is -5.55. The number of alkyl halides is 3. The van der Waals surface area contributed by atoms with Crippen molar-refractivity contribution >= 4 is 12.4 Å². The van der Waals surface area contributed by atoms with Gasteiger partial charge in [-0.25, -0.2) is 4.39 Å². The zero-order chi connectivity index (χ0) is 12.3. The summed E-state index contributed by atoms with van der Waals surface area (Å²) in [7, 11) is 0. The Kier molecular flexibility index (Phi) is 5.92. The standard InChI is InChI=1S/C11H13F4N.ClH/c1-7-2-3-9(12)8(6-7)10(16)4-5-11(13,14)15;/h2-3,6,10H,4-5,16H2,1H3;1H/t10-;/m1./s1. The molecule has 1 rings (SSSR count). The lowest BCUT2D eigenvalue weighted by molar-refractivity contribution is -0.136. The largest absolute Gasteiger partial charge is 0.389 e. The van der Waals surface area contributed by atoms with E-state index in [0.717, 1.165) is 5.56 Å². The molecule has 0 aromatic heterocycles. The molecule has 0 spiro atoms. The van der Waals surface area contributed by atoms with E-state index in [4.69, 9.17) is 5.73 Å². The zero-order valence-corrected chi connectivity index (χ0v) is 10.0. The van der Waals surface area contributed by atoms with Gasteiger partial charge in [0.25, 0.3) is 0 Å². The summed E-state index contributed by atoms with van der Waals surface area (Å²) in [5.41, 5.74) is 6.45. The number of nitrogens with two attached hydrogens (primary N) is 1. The van der Waals surface area contributed by atoms with Crippen LogP contribution in [0.25, 0.3) is 0 Å². The Morgan fingerprint density at radius 2 is 1.88 bits per heavy atom. The molecule has 0 saturated carbocycles. The van der Waals surface area contributed by atoms with Gasteiger partial charge < -0.3 is 5.73 Å². The van der Waals surface area contributed by atoms with E-state index in [-0.39, 0.29) is 24.4 Å². The van der Waals surface area contributed by atoms with Gasteiger partial charge in [0.05, 0.1) is 0 Å². The van der Waals surface area contributed by atoms with Crippen LogP contribution in [-0.4, -0.2) is 6.18 Å². The molecular formula is C11H14ClF4N. The lowest BCUT2D eigenvalue weighted by Crippen LogP contribution is -2.17. The molecule has 0 unspecified atom stereocenters. The van der Waals surface area contributed by atoms with Crippen LogP contribution in [0.3, 0.4) is 0 Å². The molecule has 1 aromatic rings. The number of halogens is 5. The van der Waals surface area contributed by atoms with Crippen molar-refractivity contribution in [3.05, 3.63) is 35.1 Å². The van der Waals surface area contributed by atoms with Crippen LogP contribution in [0.15, 0.2) is 18.2 Å². The molecule has 17 heavy (non-hydrogen) atoms. The Balaban J connectivity index is 0.00000256. The molecule has 1 atom stereocenters. The van der Waals surface area contributed by atoms with E-state index in [1.54, 1.807) is 13.0 Å². The minimum Gasteiger partial charge on any atom is -0.324 e. The maximum absolute atomic E-state index is 13.3. The SMILES string of the molecule is Cc1ccc(F)c([C@H](N)CCC(F)(F)F)c1.Cl. The maximum atomic E-state index is 13.3. The van der Waals surface area contributed by atoms with Crippen LogP contribution < -0.4 is 5.73 Å². The van der Waals surface area contributed by atoms with E-state index in [9.17, 15) is 17.6 Å². The van der Waals surface area contributed by atoms with Gasteiger partial charge >= 0.3 is 6.18 Å². The number of hydrogen-bond donors (Lipinski definition) is 1. The number of aryl methyl sites for hydroxylation is 1. The predicted octanol–water partition coefficient (Wildman–Crippen LogP) is 3.90. The fourth-order valence-electron chi connectivity index (χ4n) is 1.42. The Morgan fingerprint density at radius 3 is 2.41 bits per heavy atom. The van der Waals surface area contributed by atoms with E-state index in [2.05, 4.69) is 0 Å². The molecule has 0 heterocycles. The lowest BCUT2D eigenvalue weighted by atomic mass is 10.0. The normalized spacial score (nSPS) is 13.1. The molecule has 0 aliphatic rings. The predicted molar refractivity (Wildman–Crippen MR) is 60.6 cm³/mol. The summed E-state index contributed by atoms with van der Waals surface area (Å²) in [6, 6.07) is 3.34. The van der Waals surface area contributed by atoms with Crippen molar-refractivity contribution < 1.29 is 17.6 Å². The van der Waals surface area contributed by atoms with Gasteiger partial charge in [-0.1, -0.05) is 17.7 Å². The molecular weight excluding hydrogens is 258 g/mol. The first-order valence-electron chi connectivity index (χ1n) is 4.88. The van der Waals surface area contributed by atoms with Crippen LogP contribution in [0.5, 0.6) is 0 Å². The van der Waals surface area contributed by atoms with Crippen molar-refractivity contribution in [1.82, 2.24) is 0 Å². The van der Waals surface area contributed by atoms with Crippen LogP contribution in [0, 0.1) is 12.7 Å². The Morgan fingerprint density at radius 1 is 1.29 bits per heavy atom. The van der Waals surface area contributed by atoms with Crippen LogP contribution in [-0.2, 0) is 0 Å². The van der Waals surface area contributed by atoms with E-state index < -0.39 is 24.5 Å². The average Bonchev–Trinajstić information content (AvgIpc) is 2.17. The molecule has 6 heteroatoms. The quantitative estimate of drug-likeness (QED) is 0.829. The number of hydrogen-bond acceptors (Lipinski definition) is 1. The highest BCUT2D eigenvalue weighted by Gasteiger charge is 2.28. The molecule has 0 aliphatic heterocycles. The fraction of sp³-hybridized carbons (Fsp3) is 0.455. The second-order valence-electron chi connectivity index (χ2n) is 3.79. The second kappa shape index (κ2) is 6.21. The van der Waals surface area contributed by atoms with Gasteiger partial charge in [0.1, 0.15) is 5.82 Å². The molecule has 0 saturated heterocycles. The van der Waals surface area contributed by atoms with Gasteiger partial charge in [-0.3, -0.25) is 0 Å². The van der Waals surface area contributed by atoms with Gasteiger partial charge in [0.15, 0.2) is 0 Å². The highest BCUT2D eigenvalue weighted by atomic mass is 35.5. The van der Waals surface area contributed by atoms with Crippen molar-refractivity contribution in [3.63, 3.8) is 0 Å². The van der Waals surface area contributed by atoms with E-state index in [0.29, 0.717) is 0 Å². The third-order valence-corrected chi connectivity index (χ3v) is 2.29. The number of benzene rings is 1. The lowest BCUT2D eigenvalue weighted by Gasteiger charge is -2.14. The molecule has 0 radical (unpaired) electrons. The van der Waals surface area contributed by atoms with Crippen LogP contribution in [0.2, 0.25) is 0 Å². The van der Waals surface area contributed by atoms with Gasteiger partial charge in [0.2, 0.25) is 0 Å². The Hall–Kier alpha value is -0.810. The van der Waals surface area contributed by atoms with Crippen molar-refractivity contribution in [2.75, 3.05) is 0 Å². The third kappa shape index (κ3) is 5.37. The first-order chi connectivity index (χ1) is 7.29. The number of rotatable bonds is 3. The summed E-state index contributed by atoms with van der Waals surface area (Å²) in [5, 5.41) is 0. The molecule has 98 valence electrons. The minimum atomic E-state index is -4.25. The van der Waals surface area contributed by atoms with Gasteiger partial charge in [0, 0.05) is 18.0 Å². The summed E-state index contributed by atoms with van der Waals surface area (Å²) in [6.45, 7) is 1.74. The molecule has 1 aromatic carbocycles. The van der Waals surface area contributed by atoms with Gasteiger partial charge in [-0.15, -0.1) is 12.4 Å². The van der Waals surface area contributed by atoms with Crippen molar-refractivity contribution in [1.29, 1.82) is 0 Å². The Bertz CT molecular complexity index is 365. The van der Waals surface area contributed by atoms with Crippen molar-refractivity contribution in [2.45, 2.75) is 32.0 Å². The molecule has 2 N–H and O–H groups in total. The van der Waals surface area contributed by atoms with E-state index in [1.807, 2.05) is 0 Å². The van der Waals surface area contributed by atoms with Gasteiger partial charge in [-0.05, 0) is 19.4 Å². The summed E-state index contributed by atoms with van der Waals surface area (Å²) >= 11 is 0. The Labute approximate surface area is 103 Å². The average molecular weight is 272 g/mol. The molecule has 0 fully saturated rings. The van der Waals surface area contributed by atoms with Crippen LogP contribution in [0.4, 0.5) is 17.6 Å². The summed E-state index contributed by atoms with van der Waals surface area (Å²) in [5.74, 6) is -0.555. The third-order valence-electron chi connectivity index (χ3n) is 2.29. The second-order valence-corrected chi connectivity index (χ2v) is 3.79. The molecule has 0 amide bonds. The van der Waals surface area contributed by atoms with Crippen LogP contribution >= 0.6 is 12.4 Å². The first-order valence-corrected chi connectivity index (χ1v) is 4.88. The monoisotopic (exact) mass is 271 g/mol. The molecule has 0 bridgehead atoms. The topological polar surface area (TPSA) is 26.0 Å². The minimum absolute atomic E-state index is 0. The van der Waals surface area contributed by atoms with E-state index in [1.165, 1.54) is 12.1 Å². The van der Waals surface area contributed by atoms with Crippen molar-refractivity contribution in [3.8, 4) is 0 Å². The smallest absolute Gasteiger partial charge is 0.324 e. The maximum Gasteiger partial charge on any atom is 0.389 e. The highest BCUT2D eigenvalue weighted by Crippen LogP contribution is 2.27. The zero-order valence-electron chi connectivity index (χ0n) is 9.22. The summed E-state index contributed by atoms with van der Waals surface area (Å²) in [4.78, 5) is 0. The van der Waals surface area contributed by atoms with Gasteiger partial charge in [-0.2, -0.15) is 13.2 Å². The highest BCUT2D eigenvalue weighted by molar-refractivity contribution is 5.85. The molecule has 1 nitrogen and oxygen atoms in total. The van der Waals surface area contributed by atoms with Crippen molar-refractivity contribution in [2.24, 2.45) is 5.73 Å². The van der Waals surface area contributed by atoms with E-state index >= 15 is 0 Å². The summed E-state index contributed by atoms with van der Waals surface area (Å²) < 4.78 is 49.2. The van der Waals surface area contributed by atoms with Crippen LogP contribution in [0.1, 0.15) is 30.0 Å².